The fraction of sp³-hybridized carbons (Fsp3) is 0.462. The first kappa shape index (κ1) is 14.3. The average Bonchev–Trinajstić information content (AvgIpc) is 2.36. The van der Waals surface area contributed by atoms with Gasteiger partial charge in [-0.05, 0) is 26.0 Å². The van der Waals surface area contributed by atoms with E-state index in [1.165, 1.54) is 12.1 Å². The van der Waals surface area contributed by atoms with Crippen molar-refractivity contribution in [2.45, 2.75) is 26.1 Å². The van der Waals surface area contributed by atoms with Crippen LogP contribution < -0.4 is 4.90 Å². The number of morpholine rings is 1. The van der Waals surface area contributed by atoms with Gasteiger partial charge in [-0.2, -0.15) is 0 Å². The molecule has 1 aromatic rings. The van der Waals surface area contributed by atoms with Crippen LogP contribution in [0.15, 0.2) is 18.2 Å². The third-order valence-corrected chi connectivity index (χ3v) is 3.18. The molecular formula is C13H16N2O5. The molecule has 7 heteroatoms. The molecule has 0 bridgehead atoms. The summed E-state index contributed by atoms with van der Waals surface area (Å²) in [7, 11) is 0. The maximum absolute atomic E-state index is 11.2. The molecule has 1 N–H and O–H groups in total. The number of benzene rings is 1. The van der Waals surface area contributed by atoms with Gasteiger partial charge in [0.05, 0.1) is 22.7 Å². The van der Waals surface area contributed by atoms with E-state index in [1.54, 1.807) is 0 Å². The number of hydrogen-bond donors (Lipinski definition) is 1. The smallest absolute Gasteiger partial charge is 0.335 e. The SMILES string of the molecule is CC1CN(c2ccc(C(=O)O)cc2[N+](=O)[O-])CC(C)O1. The van der Waals surface area contributed by atoms with Crippen molar-refractivity contribution in [3.63, 3.8) is 0 Å². The van der Waals surface area contributed by atoms with Crippen molar-refractivity contribution in [3.05, 3.63) is 33.9 Å². The molecule has 20 heavy (non-hydrogen) atoms. The molecule has 2 unspecified atom stereocenters. The summed E-state index contributed by atoms with van der Waals surface area (Å²) in [5.41, 5.74) is 0.156. The van der Waals surface area contributed by atoms with E-state index in [0.29, 0.717) is 18.8 Å². The second-order valence-electron chi connectivity index (χ2n) is 4.93. The molecule has 2 atom stereocenters. The zero-order valence-electron chi connectivity index (χ0n) is 11.3. The Kier molecular flexibility index (Phi) is 3.89. The third kappa shape index (κ3) is 2.88. The number of rotatable bonds is 3. The predicted octanol–water partition coefficient (Wildman–Crippen LogP) is 1.91. The summed E-state index contributed by atoms with van der Waals surface area (Å²) in [5, 5.41) is 20.1. The van der Waals surface area contributed by atoms with Gasteiger partial charge in [-0.3, -0.25) is 10.1 Å². The highest BCUT2D eigenvalue weighted by Gasteiger charge is 2.28. The van der Waals surface area contributed by atoms with Crippen molar-refractivity contribution >= 4 is 17.3 Å². The predicted molar refractivity (Wildman–Crippen MR) is 72.3 cm³/mol. The lowest BCUT2D eigenvalue weighted by atomic mass is 10.1. The quantitative estimate of drug-likeness (QED) is 0.671. The van der Waals surface area contributed by atoms with Gasteiger partial charge in [-0.25, -0.2) is 4.79 Å². The summed E-state index contributed by atoms with van der Waals surface area (Å²) in [6, 6.07) is 3.98. The van der Waals surface area contributed by atoms with E-state index >= 15 is 0 Å². The molecule has 0 aliphatic carbocycles. The van der Waals surface area contributed by atoms with Gasteiger partial charge in [0.15, 0.2) is 0 Å². The molecule has 7 nitrogen and oxygen atoms in total. The number of nitrogens with zero attached hydrogens (tertiary/aromatic N) is 2. The summed E-state index contributed by atoms with van der Waals surface area (Å²) >= 11 is 0. The van der Waals surface area contributed by atoms with Crippen LogP contribution in [-0.4, -0.2) is 41.3 Å². The molecule has 1 aromatic carbocycles. The van der Waals surface area contributed by atoms with Gasteiger partial charge >= 0.3 is 5.97 Å². The molecule has 0 saturated carbocycles. The molecule has 2 rings (SSSR count). The molecular weight excluding hydrogens is 264 g/mol. The van der Waals surface area contributed by atoms with E-state index in [4.69, 9.17) is 9.84 Å². The van der Waals surface area contributed by atoms with Gasteiger partial charge in [0.1, 0.15) is 5.69 Å². The van der Waals surface area contributed by atoms with Gasteiger partial charge in [-0.15, -0.1) is 0 Å². The Balaban J connectivity index is 2.40. The topological polar surface area (TPSA) is 92.9 Å². The lowest BCUT2D eigenvalue weighted by Crippen LogP contribution is -2.45. The zero-order chi connectivity index (χ0) is 14.9. The van der Waals surface area contributed by atoms with Crippen LogP contribution in [0.2, 0.25) is 0 Å². The summed E-state index contributed by atoms with van der Waals surface area (Å²) in [4.78, 5) is 23.4. The van der Waals surface area contributed by atoms with Gasteiger partial charge in [0.2, 0.25) is 0 Å². The molecule has 0 amide bonds. The van der Waals surface area contributed by atoms with Crippen molar-refractivity contribution in [3.8, 4) is 0 Å². The molecule has 1 fully saturated rings. The number of aromatic carboxylic acids is 1. The van der Waals surface area contributed by atoms with Gasteiger partial charge in [-0.1, -0.05) is 0 Å². The third-order valence-electron chi connectivity index (χ3n) is 3.18. The summed E-state index contributed by atoms with van der Waals surface area (Å²) < 4.78 is 5.59. The second-order valence-corrected chi connectivity index (χ2v) is 4.93. The molecule has 1 heterocycles. The second kappa shape index (κ2) is 5.46. The number of anilines is 1. The van der Waals surface area contributed by atoms with Crippen molar-refractivity contribution in [2.24, 2.45) is 0 Å². The number of hydrogen-bond acceptors (Lipinski definition) is 5. The van der Waals surface area contributed by atoms with Crippen LogP contribution in [0.25, 0.3) is 0 Å². The van der Waals surface area contributed by atoms with Crippen molar-refractivity contribution < 1.29 is 19.6 Å². The van der Waals surface area contributed by atoms with E-state index in [1.807, 2.05) is 18.7 Å². The van der Waals surface area contributed by atoms with Gasteiger partial charge in [0.25, 0.3) is 5.69 Å². The Morgan fingerprint density at radius 2 is 2.00 bits per heavy atom. The van der Waals surface area contributed by atoms with Crippen LogP contribution in [0.3, 0.4) is 0 Å². The van der Waals surface area contributed by atoms with Crippen LogP contribution in [0.1, 0.15) is 24.2 Å². The minimum absolute atomic E-state index is 0.0301. The van der Waals surface area contributed by atoms with Crippen LogP contribution in [0.4, 0.5) is 11.4 Å². The van der Waals surface area contributed by atoms with Crippen LogP contribution in [0, 0.1) is 10.1 Å². The van der Waals surface area contributed by atoms with Crippen LogP contribution in [0.5, 0.6) is 0 Å². The number of carboxylic acid groups (broad SMARTS) is 1. The number of carbonyl (C=O) groups is 1. The average molecular weight is 280 g/mol. The molecule has 1 aliphatic rings. The summed E-state index contributed by atoms with van der Waals surface area (Å²) in [6.07, 6.45) is -0.0602. The van der Waals surface area contributed by atoms with E-state index < -0.39 is 10.9 Å². The lowest BCUT2D eigenvalue weighted by Gasteiger charge is -2.36. The molecule has 0 aromatic heterocycles. The maximum atomic E-state index is 11.2. The number of nitro benzene ring substituents is 1. The Morgan fingerprint density at radius 3 is 2.50 bits per heavy atom. The fourth-order valence-electron chi connectivity index (χ4n) is 2.44. The lowest BCUT2D eigenvalue weighted by molar-refractivity contribution is -0.384. The molecule has 1 aliphatic heterocycles. The first-order valence-corrected chi connectivity index (χ1v) is 6.30. The number of ether oxygens (including phenoxy) is 1. The van der Waals surface area contributed by atoms with Gasteiger partial charge < -0.3 is 14.7 Å². The van der Waals surface area contributed by atoms with E-state index in [9.17, 15) is 14.9 Å². The van der Waals surface area contributed by atoms with Crippen molar-refractivity contribution in [1.82, 2.24) is 0 Å². The van der Waals surface area contributed by atoms with Crippen LogP contribution in [-0.2, 0) is 4.74 Å². The van der Waals surface area contributed by atoms with Crippen molar-refractivity contribution in [1.29, 1.82) is 0 Å². The first-order valence-electron chi connectivity index (χ1n) is 6.30. The molecule has 108 valence electrons. The number of nitro groups is 1. The Bertz CT molecular complexity index is 536. The van der Waals surface area contributed by atoms with Crippen LogP contribution >= 0.6 is 0 Å². The minimum atomic E-state index is -1.18. The fourth-order valence-corrected chi connectivity index (χ4v) is 2.44. The largest absolute Gasteiger partial charge is 0.478 e. The summed E-state index contributed by atoms with van der Waals surface area (Å²) in [6.45, 7) is 4.88. The zero-order valence-corrected chi connectivity index (χ0v) is 11.3. The monoisotopic (exact) mass is 280 g/mol. The Hall–Kier alpha value is -2.15. The standard InChI is InChI=1S/C13H16N2O5/c1-8-6-14(7-9(2)20-8)11-4-3-10(13(16)17)5-12(11)15(18)19/h3-5,8-9H,6-7H2,1-2H3,(H,16,17). The van der Waals surface area contributed by atoms with E-state index in [-0.39, 0.29) is 23.5 Å². The maximum Gasteiger partial charge on any atom is 0.335 e. The molecule has 1 saturated heterocycles. The highest BCUT2D eigenvalue weighted by atomic mass is 16.6. The molecule has 0 radical (unpaired) electrons. The highest BCUT2D eigenvalue weighted by molar-refractivity contribution is 5.89. The van der Waals surface area contributed by atoms with Gasteiger partial charge in [0, 0.05) is 19.2 Å². The minimum Gasteiger partial charge on any atom is -0.478 e. The molecule has 0 spiro atoms. The Labute approximate surface area is 115 Å². The summed E-state index contributed by atoms with van der Waals surface area (Å²) in [5.74, 6) is -1.18. The van der Waals surface area contributed by atoms with E-state index in [2.05, 4.69) is 0 Å². The first-order chi connectivity index (χ1) is 9.38. The van der Waals surface area contributed by atoms with Crippen molar-refractivity contribution in [2.75, 3.05) is 18.0 Å². The number of carboxylic acids is 1. The normalized spacial score (nSPS) is 22.6. The Morgan fingerprint density at radius 1 is 1.40 bits per heavy atom. The highest BCUT2D eigenvalue weighted by Crippen LogP contribution is 2.31. The van der Waals surface area contributed by atoms with E-state index in [0.717, 1.165) is 6.07 Å².